The molecule has 0 bridgehead atoms. The van der Waals surface area contributed by atoms with Gasteiger partial charge in [-0.2, -0.15) is 0 Å². The normalized spacial score (nSPS) is 15.6. The number of pyridine rings is 1. The summed E-state index contributed by atoms with van der Waals surface area (Å²) in [4.78, 5) is 15.3. The molecule has 1 heterocycles. The van der Waals surface area contributed by atoms with Crippen molar-refractivity contribution < 1.29 is 9.90 Å². The van der Waals surface area contributed by atoms with Gasteiger partial charge in [0.15, 0.2) is 5.69 Å². The van der Waals surface area contributed by atoms with E-state index in [9.17, 15) is 4.79 Å². The van der Waals surface area contributed by atoms with Gasteiger partial charge < -0.3 is 10.4 Å². The van der Waals surface area contributed by atoms with E-state index in [0.717, 1.165) is 23.1 Å². The summed E-state index contributed by atoms with van der Waals surface area (Å²) in [5.74, 6) is -0.283. The van der Waals surface area contributed by atoms with Gasteiger partial charge >= 0.3 is 5.97 Å². The number of rotatable bonds is 4. The molecule has 0 radical (unpaired) electrons. The maximum atomic E-state index is 11.2. The molecule has 2 N–H and O–H groups in total. The van der Waals surface area contributed by atoms with Crippen LogP contribution in [0.15, 0.2) is 30.3 Å². The third-order valence-corrected chi connectivity index (χ3v) is 3.99. The Bertz CT molecular complexity index is 633. The van der Waals surface area contributed by atoms with Crippen molar-refractivity contribution in [3.05, 3.63) is 36.0 Å². The monoisotopic (exact) mass is 270 g/mol. The summed E-state index contributed by atoms with van der Waals surface area (Å²) in [6.45, 7) is 0.910. The van der Waals surface area contributed by atoms with Gasteiger partial charge in [-0.25, -0.2) is 9.78 Å². The van der Waals surface area contributed by atoms with Crippen LogP contribution in [0.3, 0.4) is 0 Å². The van der Waals surface area contributed by atoms with Crippen LogP contribution in [0.2, 0.25) is 0 Å². The predicted octanol–water partition coefficient (Wildman–Crippen LogP) is 3.54. The number of benzene rings is 1. The van der Waals surface area contributed by atoms with Crippen LogP contribution in [-0.4, -0.2) is 22.6 Å². The standard InChI is InChI=1S/C16H18N2O2/c19-16(20)15-9-14(17-10-11-5-1-2-6-11)12-7-3-4-8-13(12)18-15/h3-4,7-9,11H,1-2,5-6,10H2,(H,17,18)(H,19,20). The Labute approximate surface area is 117 Å². The molecule has 104 valence electrons. The molecule has 1 fully saturated rings. The Morgan fingerprint density at radius 1 is 1.30 bits per heavy atom. The first-order valence-corrected chi connectivity index (χ1v) is 7.11. The van der Waals surface area contributed by atoms with E-state index in [4.69, 9.17) is 5.11 Å². The van der Waals surface area contributed by atoms with Crippen molar-refractivity contribution in [2.75, 3.05) is 11.9 Å². The predicted molar refractivity (Wildman–Crippen MR) is 79.2 cm³/mol. The van der Waals surface area contributed by atoms with Crippen LogP contribution in [0.5, 0.6) is 0 Å². The highest BCUT2D eigenvalue weighted by molar-refractivity contribution is 5.97. The van der Waals surface area contributed by atoms with E-state index in [1.165, 1.54) is 25.7 Å². The van der Waals surface area contributed by atoms with E-state index in [0.29, 0.717) is 5.92 Å². The van der Waals surface area contributed by atoms with E-state index >= 15 is 0 Å². The molecule has 0 unspecified atom stereocenters. The van der Waals surface area contributed by atoms with Crippen LogP contribution in [0.1, 0.15) is 36.2 Å². The van der Waals surface area contributed by atoms with Crippen LogP contribution in [-0.2, 0) is 0 Å². The van der Waals surface area contributed by atoms with Crippen molar-refractivity contribution in [1.29, 1.82) is 0 Å². The van der Waals surface area contributed by atoms with E-state index in [-0.39, 0.29) is 5.69 Å². The lowest BCUT2D eigenvalue weighted by Gasteiger charge is -2.14. The second-order valence-electron chi connectivity index (χ2n) is 5.41. The van der Waals surface area contributed by atoms with Crippen LogP contribution in [0, 0.1) is 5.92 Å². The maximum Gasteiger partial charge on any atom is 0.354 e. The molecular weight excluding hydrogens is 252 g/mol. The Morgan fingerprint density at radius 3 is 2.80 bits per heavy atom. The maximum absolute atomic E-state index is 11.2. The zero-order valence-corrected chi connectivity index (χ0v) is 11.3. The van der Waals surface area contributed by atoms with Crippen molar-refractivity contribution in [3.8, 4) is 0 Å². The molecule has 1 aliphatic rings. The molecule has 4 nitrogen and oxygen atoms in total. The second kappa shape index (κ2) is 5.49. The second-order valence-corrected chi connectivity index (χ2v) is 5.41. The molecule has 1 aromatic heterocycles. The number of hydrogen-bond acceptors (Lipinski definition) is 3. The first-order chi connectivity index (χ1) is 9.74. The average molecular weight is 270 g/mol. The van der Waals surface area contributed by atoms with E-state index in [1.54, 1.807) is 6.07 Å². The molecule has 20 heavy (non-hydrogen) atoms. The topological polar surface area (TPSA) is 62.2 Å². The number of aromatic nitrogens is 1. The summed E-state index contributed by atoms with van der Waals surface area (Å²) >= 11 is 0. The van der Waals surface area contributed by atoms with Gasteiger partial charge in [-0.05, 0) is 30.9 Å². The Morgan fingerprint density at radius 2 is 2.05 bits per heavy atom. The fraction of sp³-hybridized carbons (Fsp3) is 0.375. The number of nitrogens with one attached hydrogen (secondary N) is 1. The van der Waals surface area contributed by atoms with Gasteiger partial charge in [0.2, 0.25) is 0 Å². The van der Waals surface area contributed by atoms with Crippen molar-refractivity contribution in [3.63, 3.8) is 0 Å². The third-order valence-electron chi connectivity index (χ3n) is 3.99. The smallest absolute Gasteiger partial charge is 0.354 e. The Kier molecular flexibility index (Phi) is 3.54. The fourth-order valence-corrected chi connectivity index (χ4v) is 2.90. The number of carbonyl (C=O) groups is 1. The molecular formula is C16H18N2O2. The lowest BCUT2D eigenvalue weighted by Crippen LogP contribution is -2.12. The molecule has 1 saturated carbocycles. The van der Waals surface area contributed by atoms with Gasteiger partial charge in [0, 0.05) is 17.6 Å². The van der Waals surface area contributed by atoms with E-state index in [1.807, 2.05) is 24.3 Å². The van der Waals surface area contributed by atoms with Crippen LogP contribution in [0.25, 0.3) is 10.9 Å². The summed E-state index contributed by atoms with van der Waals surface area (Å²) in [5, 5.41) is 13.6. The molecule has 1 aromatic carbocycles. The molecule has 0 saturated heterocycles. The Hall–Kier alpha value is -2.10. The van der Waals surface area contributed by atoms with Gasteiger partial charge in [0.1, 0.15) is 0 Å². The van der Waals surface area contributed by atoms with Gasteiger partial charge in [-0.3, -0.25) is 0 Å². The van der Waals surface area contributed by atoms with Gasteiger partial charge in [0.05, 0.1) is 5.52 Å². The number of anilines is 1. The summed E-state index contributed by atoms with van der Waals surface area (Å²) < 4.78 is 0. The Balaban J connectivity index is 1.92. The SMILES string of the molecule is O=C(O)c1cc(NCC2CCCC2)c2ccccc2n1. The average Bonchev–Trinajstić information content (AvgIpc) is 2.97. The number of para-hydroxylation sites is 1. The zero-order chi connectivity index (χ0) is 13.9. The number of nitrogens with zero attached hydrogens (tertiary/aromatic N) is 1. The molecule has 0 aliphatic heterocycles. The van der Waals surface area contributed by atoms with Crippen molar-refractivity contribution in [2.45, 2.75) is 25.7 Å². The number of aromatic carboxylic acids is 1. The van der Waals surface area contributed by atoms with Crippen molar-refractivity contribution >= 4 is 22.6 Å². The lowest BCUT2D eigenvalue weighted by molar-refractivity contribution is 0.0691. The molecule has 0 spiro atoms. The molecule has 4 heteroatoms. The highest BCUT2D eigenvalue weighted by Gasteiger charge is 2.16. The van der Waals surface area contributed by atoms with Gasteiger partial charge in [-0.15, -0.1) is 0 Å². The number of hydrogen-bond donors (Lipinski definition) is 2. The molecule has 1 aliphatic carbocycles. The van der Waals surface area contributed by atoms with Crippen molar-refractivity contribution in [2.24, 2.45) is 5.92 Å². The summed E-state index contributed by atoms with van der Waals surface area (Å²) in [5.41, 5.74) is 1.69. The molecule has 3 rings (SSSR count). The lowest BCUT2D eigenvalue weighted by atomic mass is 10.1. The van der Waals surface area contributed by atoms with Crippen LogP contribution < -0.4 is 5.32 Å². The highest BCUT2D eigenvalue weighted by Crippen LogP contribution is 2.27. The minimum Gasteiger partial charge on any atom is -0.477 e. The molecule has 0 atom stereocenters. The van der Waals surface area contributed by atoms with E-state index in [2.05, 4.69) is 10.3 Å². The number of carboxylic acid groups (broad SMARTS) is 1. The zero-order valence-electron chi connectivity index (χ0n) is 11.3. The van der Waals surface area contributed by atoms with Crippen LogP contribution >= 0.6 is 0 Å². The van der Waals surface area contributed by atoms with Gasteiger partial charge in [0.25, 0.3) is 0 Å². The molecule has 0 amide bonds. The summed E-state index contributed by atoms with van der Waals surface area (Å²) in [6.07, 6.45) is 5.15. The van der Waals surface area contributed by atoms with E-state index < -0.39 is 5.97 Å². The summed E-state index contributed by atoms with van der Waals surface area (Å²) in [6, 6.07) is 9.29. The largest absolute Gasteiger partial charge is 0.477 e. The number of fused-ring (bicyclic) bond motifs is 1. The minimum absolute atomic E-state index is 0.0950. The highest BCUT2D eigenvalue weighted by atomic mass is 16.4. The first-order valence-electron chi connectivity index (χ1n) is 7.11. The quantitative estimate of drug-likeness (QED) is 0.892. The third kappa shape index (κ3) is 2.59. The first kappa shape index (κ1) is 12.9. The minimum atomic E-state index is -0.986. The van der Waals surface area contributed by atoms with Gasteiger partial charge in [-0.1, -0.05) is 31.0 Å². The fourth-order valence-electron chi connectivity index (χ4n) is 2.90. The van der Waals surface area contributed by atoms with Crippen LogP contribution in [0.4, 0.5) is 5.69 Å². The molecule has 2 aromatic rings. The van der Waals surface area contributed by atoms with Crippen molar-refractivity contribution in [1.82, 2.24) is 4.98 Å². The summed E-state index contributed by atoms with van der Waals surface area (Å²) in [7, 11) is 0. The number of carboxylic acids is 1.